The van der Waals surface area contributed by atoms with Crippen molar-refractivity contribution in [2.45, 2.75) is 33.1 Å². The molecule has 1 aliphatic rings. The van der Waals surface area contributed by atoms with Gasteiger partial charge in [0.1, 0.15) is 5.82 Å². The van der Waals surface area contributed by atoms with Gasteiger partial charge in [-0.3, -0.25) is 9.78 Å². The molecule has 0 saturated carbocycles. The standard InChI is InChI=1S/C23H27N5O2/c1-16(19-7-5-4-6-8-19)13-20-14-21(30-26-20)23(29)28-11-9-27(10-12-28)22-18(3)24-15-17(2)25-22/h4-8,14-16H,9-13H2,1-3H3. The number of nitrogens with zero attached hydrogens (tertiary/aromatic N) is 5. The molecule has 2 aromatic heterocycles. The third kappa shape index (κ3) is 4.35. The molecule has 0 radical (unpaired) electrons. The average Bonchev–Trinajstić information content (AvgIpc) is 3.24. The van der Waals surface area contributed by atoms with E-state index < -0.39 is 0 Å². The van der Waals surface area contributed by atoms with Crippen LogP contribution in [0.1, 0.15) is 46.0 Å². The topological polar surface area (TPSA) is 75.4 Å². The molecule has 1 unspecified atom stereocenters. The Morgan fingerprint density at radius 2 is 1.87 bits per heavy atom. The smallest absolute Gasteiger partial charge is 0.292 e. The van der Waals surface area contributed by atoms with Crippen molar-refractivity contribution >= 4 is 11.7 Å². The molecular formula is C23H27N5O2. The van der Waals surface area contributed by atoms with Gasteiger partial charge in [0, 0.05) is 38.4 Å². The summed E-state index contributed by atoms with van der Waals surface area (Å²) >= 11 is 0. The van der Waals surface area contributed by atoms with Gasteiger partial charge in [-0.2, -0.15) is 0 Å². The predicted octanol–water partition coefficient (Wildman–Crippen LogP) is 3.39. The van der Waals surface area contributed by atoms with Gasteiger partial charge < -0.3 is 14.3 Å². The van der Waals surface area contributed by atoms with Crippen molar-refractivity contribution in [2.75, 3.05) is 31.1 Å². The van der Waals surface area contributed by atoms with E-state index in [4.69, 9.17) is 4.52 Å². The first-order valence-electron chi connectivity index (χ1n) is 10.4. The summed E-state index contributed by atoms with van der Waals surface area (Å²) < 4.78 is 5.39. The molecule has 3 heterocycles. The largest absolute Gasteiger partial charge is 0.352 e. The molecule has 0 spiro atoms. The highest BCUT2D eigenvalue weighted by Crippen LogP contribution is 2.22. The molecule has 1 atom stereocenters. The Hall–Kier alpha value is -3.22. The second kappa shape index (κ2) is 8.65. The molecule has 0 bridgehead atoms. The van der Waals surface area contributed by atoms with E-state index in [1.54, 1.807) is 12.3 Å². The monoisotopic (exact) mass is 405 g/mol. The minimum absolute atomic E-state index is 0.104. The number of anilines is 1. The predicted molar refractivity (Wildman–Crippen MR) is 115 cm³/mol. The fraction of sp³-hybridized carbons (Fsp3) is 0.391. The van der Waals surface area contributed by atoms with Crippen LogP contribution in [0.3, 0.4) is 0 Å². The van der Waals surface area contributed by atoms with Gasteiger partial charge in [-0.05, 0) is 31.7 Å². The van der Waals surface area contributed by atoms with Crippen molar-refractivity contribution in [3.05, 3.63) is 71.0 Å². The van der Waals surface area contributed by atoms with E-state index in [0.717, 1.165) is 42.4 Å². The number of carbonyl (C=O) groups is 1. The van der Waals surface area contributed by atoms with Gasteiger partial charge in [0.25, 0.3) is 5.91 Å². The highest BCUT2D eigenvalue weighted by molar-refractivity contribution is 5.91. The number of aryl methyl sites for hydroxylation is 2. The third-order valence-corrected chi connectivity index (χ3v) is 5.57. The second-order valence-corrected chi connectivity index (χ2v) is 7.90. The van der Waals surface area contributed by atoms with E-state index in [1.807, 2.05) is 36.9 Å². The van der Waals surface area contributed by atoms with Crippen LogP contribution < -0.4 is 4.90 Å². The average molecular weight is 406 g/mol. The number of rotatable bonds is 5. The first-order chi connectivity index (χ1) is 14.5. The van der Waals surface area contributed by atoms with Crippen molar-refractivity contribution in [2.24, 2.45) is 0 Å². The van der Waals surface area contributed by atoms with Crippen LogP contribution in [0.2, 0.25) is 0 Å². The maximum atomic E-state index is 12.9. The molecule has 7 heteroatoms. The lowest BCUT2D eigenvalue weighted by Crippen LogP contribution is -2.49. The van der Waals surface area contributed by atoms with E-state index in [0.29, 0.717) is 24.8 Å². The zero-order chi connectivity index (χ0) is 21.1. The molecule has 7 nitrogen and oxygen atoms in total. The number of hydrogen-bond acceptors (Lipinski definition) is 6. The van der Waals surface area contributed by atoms with Gasteiger partial charge in [0.2, 0.25) is 5.76 Å². The van der Waals surface area contributed by atoms with Gasteiger partial charge in [0.05, 0.1) is 17.1 Å². The van der Waals surface area contributed by atoms with Crippen molar-refractivity contribution in [1.82, 2.24) is 20.0 Å². The van der Waals surface area contributed by atoms with E-state index in [9.17, 15) is 4.79 Å². The summed E-state index contributed by atoms with van der Waals surface area (Å²) in [7, 11) is 0. The molecule has 0 N–H and O–H groups in total. The molecule has 1 amide bonds. The quantitative estimate of drug-likeness (QED) is 0.648. The summed E-state index contributed by atoms with van der Waals surface area (Å²) in [5.41, 5.74) is 3.86. The van der Waals surface area contributed by atoms with Gasteiger partial charge >= 0.3 is 0 Å². The number of aromatic nitrogens is 3. The van der Waals surface area contributed by atoms with E-state index >= 15 is 0 Å². The number of carbonyl (C=O) groups excluding carboxylic acids is 1. The van der Waals surface area contributed by atoms with Crippen LogP contribution in [-0.2, 0) is 6.42 Å². The van der Waals surface area contributed by atoms with Crippen LogP contribution in [0.4, 0.5) is 5.82 Å². The molecule has 0 aliphatic carbocycles. The van der Waals surface area contributed by atoms with E-state index in [2.05, 4.69) is 39.1 Å². The maximum Gasteiger partial charge on any atom is 0.292 e. The summed E-state index contributed by atoms with van der Waals surface area (Å²) in [4.78, 5) is 25.9. The summed E-state index contributed by atoms with van der Waals surface area (Å²) in [6.45, 7) is 8.73. The van der Waals surface area contributed by atoms with Crippen LogP contribution in [0, 0.1) is 13.8 Å². The first kappa shape index (κ1) is 20.1. The van der Waals surface area contributed by atoms with Gasteiger partial charge in [-0.15, -0.1) is 0 Å². The third-order valence-electron chi connectivity index (χ3n) is 5.57. The Kier molecular flexibility index (Phi) is 5.79. The Labute approximate surface area is 176 Å². The number of benzene rings is 1. The fourth-order valence-corrected chi connectivity index (χ4v) is 3.82. The minimum Gasteiger partial charge on any atom is -0.352 e. The molecule has 1 aromatic carbocycles. The zero-order valence-electron chi connectivity index (χ0n) is 17.7. The molecule has 1 fully saturated rings. The summed E-state index contributed by atoms with van der Waals surface area (Å²) in [6.07, 6.45) is 2.51. The lowest BCUT2D eigenvalue weighted by molar-refractivity contribution is 0.0704. The minimum atomic E-state index is -0.104. The van der Waals surface area contributed by atoms with Crippen LogP contribution in [-0.4, -0.2) is 52.1 Å². The van der Waals surface area contributed by atoms with Crippen molar-refractivity contribution in [3.8, 4) is 0 Å². The Balaban J connectivity index is 1.36. The van der Waals surface area contributed by atoms with Gasteiger partial charge in [-0.1, -0.05) is 42.4 Å². The Morgan fingerprint density at radius 1 is 1.13 bits per heavy atom. The van der Waals surface area contributed by atoms with Crippen molar-refractivity contribution in [3.63, 3.8) is 0 Å². The Morgan fingerprint density at radius 3 is 2.60 bits per heavy atom. The zero-order valence-corrected chi connectivity index (χ0v) is 17.7. The highest BCUT2D eigenvalue weighted by Gasteiger charge is 2.26. The number of hydrogen-bond donors (Lipinski definition) is 0. The molecule has 30 heavy (non-hydrogen) atoms. The van der Waals surface area contributed by atoms with E-state index in [-0.39, 0.29) is 5.91 Å². The SMILES string of the molecule is Cc1cnc(C)c(N2CCN(C(=O)c3cc(CC(C)c4ccccc4)no3)CC2)n1. The first-order valence-corrected chi connectivity index (χ1v) is 10.4. The summed E-state index contributed by atoms with van der Waals surface area (Å²) in [6, 6.07) is 12.1. The molecule has 1 saturated heterocycles. The van der Waals surface area contributed by atoms with Crippen LogP contribution in [0.25, 0.3) is 0 Å². The van der Waals surface area contributed by atoms with Gasteiger partial charge in [-0.25, -0.2) is 4.98 Å². The number of amides is 1. The molecule has 4 rings (SSSR count). The van der Waals surface area contributed by atoms with Crippen LogP contribution in [0.15, 0.2) is 47.1 Å². The van der Waals surface area contributed by atoms with Crippen LogP contribution in [0.5, 0.6) is 0 Å². The normalized spacial score (nSPS) is 15.3. The molecule has 1 aliphatic heterocycles. The lowest BCUT2D eigenvalue weighted by Gasteiger charge is -2.35. The maximum absolute atomic E-state index is 12.9. The van der Waals surface area contributed by atoms with Gasteiger partial charge in [0.15, 0.2) is 0 Å². The van der Waals surface area contributed by atoms with E-state index in [1.165, 1.54) is 5.56 Å². The summed E-state index contributed by atoms with van der Waals surface area (Å²) in [5, 5.41) is 4.13. The molecular weight excluding hydrogens is 378 g/mol. The molecule has 3 aromatic rings. The lowest BCUT2D eigenvalue weighted by atomic mass is 9.96. The van der Waals surface area contributed by atoms with Crippen molar-refractivity contribution in [1.29, 1.82) is 0 Å². The highest BCUT2D eigenvalue weighted by atomic mass is 16.5. The summed E-state index contributed by atoms with van der Waals surface area (Å²) in [5.74, 6) is 1.42. The molecule has 156 valence electrons. The fourth-order valence-electron chi connectivity index (χ4n) is 3.82. The second-order valence-electron chi connectivity index (χ2n) is 7.90. The van der Waals surface area contributed by atoms with Crippen molar-refractivity contribution < 1.29 is 9.32 Å². The Bertz CT molecular complexity index is 1010. The number of piperazine rings is 1. The van der Waals surface area contributed by atoms with Crippen LogP contribution >= 0.6 is 0 Å².